The number of benzene rings is 1. The molecule has 800 valence electrons. The molecule has 0 bridgehead atoms. The van der Waals surface area contributed by atoms with Gasteiger partial charge in [-0.1, -0.05) is 248 Å². The number of alkyl carbamates (subject to hydrolysis) is 3. The van der Waals surface area contributed by atoms with Gasteiger partial charge in [-0.25, -0.2) is 28.8 Å². The molecule has 0 radical (unpaired) electrons. The van der Waals surface area contributed by atoms with E-state index in [-0.39, 0.29) is 89.3 Å². The van der Waals surface area contributed by atoms with E-state index in [4.69, 9.17) is 31.4 Å². The molecule has 10 fully saturated rings. The number of carbonyl (C=O) groups is 18. The highest BCUT2D eigenvalue weighted by Gasteiger charge is 2.73. The predicted octanol–water partition coefficient (Wildman–Crippen LogP) is 8.18. The summed E-state index contributed by atoms with van der Waals surface area (Å²) in [5, 5.41) is 33.7. The van der Waals surface area contributed by atoms with E-state index >= 15 is 0 Å². The van der Waals surface area contributed by atoms with Crippen LogP contribution >= 0.6 is 0 Å². The van der Waals surface area contributed by atoms with Gasteiger partial charge in [-0.15, -0.1) is 0 Å². The monoisotopic (exact) mass is 2010 g/mol. The Bertz CT molecular complexity index is 4860. The van der Waals surface area contributed by atoms with Gasteiger partial charge in [-0.3, -0.25) is 57.5 Å². The average molecular weight is 2010 g/mol. The lowest BCUT2D eigenvalue weighted by molar-refractivity contribution is -0.145. The fourth-order valence-electron chi connectivity index (χ4n) is 20.4. The van der Waals surface area contributed by atoms with Gasteiger partial charge in [-0.2, -0.15) is 0 Å². The van der Waals surface area contributed by atoms with Crippen molar-refractivity contribution in [1.29, 1.82) is 0 Å². The molecule has 18 amide bonds. The van der Waals surface area contributed by atoms with Crippen LogP contribution in [-0.4, -0.2) is 246 Å². The zero-order chi connectivity index (χ0) is 107. The number of hydrogen-bond donors (Lipinski definition) is 15. The lowest BCUT2D eigenvalue weighted by atomic mass is 9.80. The van der Waals surface area contributed by atoms with Crippen molar-refractivity contribution in [3.63, 3.8) is 0 Å². The first-order valence-electron chi connectivity index (χ1n) is 51.1. The molecule has 0 aromatic heterocycles. The molecule has 39 heteroatoms. The van der Waals surface area contributed by atoms with Crippen LogP contribution in [0.25, 0.3) is 0 Å². The van der Waals surface area contributed by atoms with E-state index in [9.17, 15) is 86.3 Å². The molecule has 3 unspecified atom stereocenters. The lowest BCUT2D eigenvalue weighted by Gasteiger charge is -2.39. The third-order valence-electron chi connectivity index (χ3n) is 31.1. The van der Waals surface area contributed by atoms with Crippen LogP contribution in [0.15, 0.2) is 30.3 Å². The summed E-state index contributed by atoms with van der Waals surface area (Å²) in [6.45, 7) is 53.0. The molecule has 1 aromatic carbocycles. The fourth-order valence-corrected chi connectivity index (χ4v) is 20.4. The Morgan fingerprint density at radius 2 is 0.622 bits per heavy atom. The Morgan fingerprint density at radius 3 is 0.867 bits per heavy atom. The Labute approximate surface area is 843 Å². The smallest absolute Gasteiger partial charge is 0.407 e. The molecule has 18 atom stereocenters. The number of rotatable bonds is 37. The number of nitrogens with zero attached hydrogens (tertiary/aromatic N) is 3. The number of amides is 18. The van der Waals surface area contributed by atoms with E-state index in [0.29, 0.717) is 57.9 Å². The molecule has 1 aromatic rings. The standard InChI is InChI=1S/C37H56N6O7.C34H56N6O7.C33H56N6O7/c1-35(2,3)25(20-50-34(49)39-18-22-13-10-9-11-14-22)41-33(48)42-29(36(4,5)6)32(47)43-19-23-26(37(23,7)8)27(43)31(46)40-24(28(44)30(38)45)17-21-15-12-16-21;1-32(2,3)22(17-47-31(46)36-15-19-12-13-19)38-30(45)39-26(33(4,5)6)29(44)40-16-20-23(34(20,7)8)24(40)28(43)37-21(25(41)27(35)42)14-18-10-9-11-18;1-30(2,3)20(16-46-29(45)38-32(7,8)9)36-28(44)37-24(31(4,5)6)27(43)39-15-18-21(33(18,10)11)22(39)26(42)35-19(14-17-12-13-17)23(40)25(34)41/h9-11,13-14,21,23-27,29H,12,15-20H2,1-8H3,(H2,38,45)(H,39,49)(H,40,46)(H2,41,42,48);18-24,26H,9-17H2,1-8H3,(H2,35,42)(H,36,46)(H,37,43)(H2,38,39,45);17-22,24H,12-16H2,1-11H3,(H2,34,41)(H,35,42)(H,38,45)(H2,36,37,44)/t23-,24?,25-,26-,27-,29+;20-,21?,22+,23-,24-,26+;18-,19?,20+,21-,22-,24+/m000/s1. The Morgan fingerprint density at radius 1 is 0.350 bits per heavy atom. The molecule has 7 saturated carbocycles. The largest absolute Gasteiger partial charge is 0.447 e. The average Bonchev–Trinajstić information content (AvgIpc) is 1.53. The maximum Gasteiger partial charge on any atom is 0.407 e. The van der Waals surface area contributed by atoms with E-state index in [1.54, 1.807) is 0 Å². The van der Waals surface area contributed by atoms with Crippen LogP contribution in [0, 0.1) is 108 Å². The van der Waals surface area contributed by atoms with Crippen LogP contribution < -0.4 is 81.0 Å². The van der Waals surface area contributed by atoms with E-state index < -0.39 is 217 Å². The van der Waals surface area contributed by atoms with Crippen molar-refractivity contribution in [1.82, 2.24) is 78.5 Å². The summed E-state index contributed by atoms with van der Waals surface area (Å²) in [6, 6.07) is -2.97. The first-order valence-corrected chi connectivity index (χ1v) is 51.1. The molecular formula is C104H168N18O21. The SMILES string of the molecule is CC(C)(C)NC(=O)OC[C@@H](NC(=O)N[C@H](C(=O)N1C[C@H]2[C@@H]([C@H]1C(=O)NC(CC1CC1)C(=O)C(N)=O)C2(C)C)C(C)(C)C)C(C)(C)C.CC(C)(C)[C@H](COC(=O)NCc1ccccc1)NC(=O)N[C@H](C(=O)N1C[C@H]2[C@@H]([C@H]1C(=O)NC(CC1CCC1)C(=O)C(N)=O)C2(C)C)C(C)(C)C.CC(C)(C)[C@H](NC(=O)N[C@H](COC(=O)NCC1CC1)C(C)(C)C)C(=O)N1C[C@H]2[C@@H]([C@H]1C(=O)NC(CC1CCC1)C(=O)C(N)=O)C2(C)C. The summed E-state index contributed by atoms with van der Waals surface area (Å²) >= 11 is 0. The molecule has 143 heavy (non-hydrogen) atoms. The Hall–Kier alpha value is -10.9. The summed E-state index contributed by atoms with van der Waals surface area (Å²) in [4.78, 5) is 240. The first kappa shape index (κ1) is 116. The number of ketones is 3. The molecule has 10 aliphatic rings. The quantitative estimate of drug-likeness (QED) is 0.0220. The van der Waals surface area contributed by atoms with Gasteiger partial charge in [0.15, 0.2) is 0 Å². The molecule has 11 rings (SSSR count). The van der Waals surface area contributed by atoms with Gasteiger partial charge >= 0.3 is 36.4 Å². The molecule has 7 aliphatic carbocycles. The van der Waals surface area contributed by atoms with Gasteiger partial charge in [0.1, 0.15) is 56.1 Å². The number of urea groups is 3. The number of hydrogen-bond acceptors (Lipinski definition) is 21. The summed E-state index contributed by atoms with van der Waals surface area (Å²) < 4.78 is 16.3. The maximum absolute atomic E-state index is 14.4. The molecule has 0 spiro atoms. The van der Waals surface area contributed by atoms with Gasteiger partial charge in [0.2, 0.25) is 52.8 Å². The van der Waals surface area contributed by atoms with Crippen molar-refractivity contribution in [2.75, 3.05) is 46.0 Å². The van der Waals surface area contributed by atoms with Crippen molar-refractivity contribution >= 4 is 107 Å². The number of nitrogens with one attached hydrogen (secondary N) is 12. The third-order valence-corrected chi connectivity index (χ3v) is 31.1. The summed E-state index contributed by atoms with van der Waals surface area (Å²) in [5.41, 5.74) is 12.1. The topological polar surface area (TPSA) is 567 Å². The zero-order valence-electron chi connectivity index (χ0n) is 89.6. The second kappa shape index (κ2) is 45.0. The van der Waals surface area contributed by atoms with Crippen LogP contribution in [0.3, 0.4) is 0 Å². The van der Waals surface area contributed by atoms with E-state index in [1.165, 1.54) is 14.7 Å². The van der Waals surface area contributed by atoms with Crippen molar-refractivity contribution < 1.29 is 101 Å². The van der Waals surface area contributed by atoms with Gasteiger partial charge < -0.3 is 110 Å². The van der Waals surface area contributed by atoms with Crippen LogP contribution in [0.1, 0.15) is 276 Å². The molecule has 3 heterocycles. The Balaban J connectivity index is 0.000000239. The number of nitrogens with two attached hydrogens (primary N) is 3. The van der Waals surface area contributed by atoms with E-state index in [1.807, 2.05) is 190 Å². The second-order valence-corrected chi connectivity index (χ2v) is 51.1. The molecule has 18 N–H and O–H groups in total. The number of primary amides is 3. The van der Waals surface area contributed by atoms with Crippen LogP contribution in [0.5, 0.6) is 0 Å². The number of piperidine rings is 3. The van der Waals surface area contributed by atoms with Crippen LogP contribution in [-0.2, 0) is 78.3 Å². The normalized spacial score (nSPS) is 24.0. The van der Waals surface area contributed by atoms with Gasteiger partial charge in [0.25, 0.3) is 17.7 Å². The lowest BCUT2D eigenvalue weighted by Crippen LogP contribution is -2.62. The molecule has 3 aliphatic heterocycles. The van der Waals surface area contributed by atoms with Gasteiger partial charge in [-0.05, 0) is 166 Å². The highest BCUT2D eigenvalue weighted by atomic mass is 16.6. The summed E-state index contributed by atoms with van der Waals surface area (Å²) in [7, 11) is 0. The van der Waals surface area contributed by atoms with E-state index in [0.717, 1.165) is 69.8 Å². The minimum absolute atomic E-state index is 0.0551. The van der Waals surface area contributed by atoms with Crippen molar-refractivity contribution in [3.05, 3.63) is 35.9 Å². The highest BCUT2D eigenvalue weighted by molar-refractivity contribution is 6.39. The molecule has 3 saturated heterocycles. The number of fused-ring (bicyclic) bond motifs is 3. The maximum atomic E-state index is 14.4. The number of likely N-dealkylation sites (tertiary alicyclic amines) is 3. The van der Waals surface area contributed by atoms with Gasteiger partial charge in [0.05, 0.1) is 36.3 Å². The second-order valence-electron chi connectivity index (χ2n) is 51.1. The fraction of sp³-hybridized carbons (Fsp3) is 0.769. The minimum Gasteiger partial charge on any atom is -0.447 e. The molecular weight excluding hydrogens is 1840 g/mol. The zero-order valence-corrected chi connectivity index (χ0v) is 89.6. The number of carbonyl (C=O) groups excluding carboxylic acids is 18. The van der Waals surface area contributed by atoms with Gasteiger partial charge in [0, 0.05) is 38.3 Å². The highest BCUT2D eigenvalue weighted by Crippen LogP contribution is 2.67. The van der Waals surface area contributed by atoms with Crippen molar-refractivity contribution in [3.8, 4) is 0 Å². The van der Waals surface area contributed by atoms with Crippen LogP contribution in [0.2, 0.25) is 0 Å². The summed E-state index contributed by atoms with van der Waals surface area (Å²) in [5.74, 6) is -7.61. The minimum atomic E-state index is -1.10. The molecule has 39 nitrogen and oxygen atoms in total. The van der Waals surface area contributed by atoms with Crippen molar-refractivity contribution in [2.24, 2.45) is 125 Å². The number of ether oxygens (including phenoxy) is 3. The van der Waals surface area contributed by atoms with Crippen molar-refractivity contribution in [2.45, 2.75) is 355 Å². The third kappa shape index (κ3) is 30.6. The van der Waals surface area contributed by atoms with Crippen LogP contribution in [0.4, 0.5) is 28.8 Å². The Kier molecular flexibility index (Phi) is 36.4. The predicted molar refractivity (Wildman–Crippen MR) is 534 cm³/mol. The van der Waals surface area contributed by atoms with E-state index in [2.05, 4.69) is 91.5 Å². The summed E-state index contributed by atoms with van der Waals surface area (Å²) in [6.07, 6.45) is 8.95. The number of Topliss-reactive ketones (excluding diaryl/α,β-unsaturated/α-hetero) is 3. The first-order chi connectivity index (χ1) is 65.8.